The molecular formula is C18H21N3O2. The van der Waals surface area contributed by atoms with Gasteiger partial charge in [0.1, 0.15) is 5.60 Å². The zero-order chi connectivity index (χ0) is 17.2. The molecule has 1 heterocycles. The minimum absolute atomic E-state index is 0.200. The number of carbonyl (C=O) groups is 1. The van der Waals surface area contributed by atoms with Crippen molar-refractivity contribution in [1.82, 2.24) is 9.78 Å². The SMILES string of the molecule is Cc1nn(-c2ccc(C#N)cc2)c(C)c1CC(=O)OC(C)(C)C. The van der Waals surface area contributed by atoms with Crippen molar-refractivity contribution in [2.45, 2.75) is 46.6 Å². The van der Waals surface area contributed by atoms with Crippen LogP contribution in [0.25, 0.3) is 5.69 Å². The van der Waals surface area contributed by atoms with Crippen LogP contribution in [-0.2, 0) is 16.0 Å². The lowest BCUT2D eigenvalue weighted by molar-refractivity contribution is -0.153. The summed E-state index contributed by atoms with van der Waals surface area (Å²) in [5.74, 6) is -0.261. The summed E-state index contributed by atoms with van der Waals surface area (Å²) in [6.45, 7) is 9.37. The van der Waals surface area contributed by atoms with Crippen molar-refractivity contribution in [2.24, 2.45) is 0 Å². The Bertz CT molecular complexity index is 759. The van der Waals surface area contributed by atoms with Crippen LogP contribution in [0.3, 0.4) is 0 Å². The van der Waals surface area contributed by atoms with Gasteiger partial charge in [-0.15, -0.1) is 0 Å². The number of hydrogen-bond donors (Lipinski definition) is 0. The zero-order valence-electron chi connectivity index (χ0n) is 14.2. The molecule has 120 valence electrons. The molecule has 0 N–H and O–H groups in total. The minimum atomic E-state index is -0.498. The molecule has 1 aromatic heterocycles. The van der Waals surface area contributed by atoms with Crippen molar-refractivity contribution in [3.8, 4) is 11.8 Å². The van der Waals surface area contributed by atoms with Crippen LogP contribution in [0.1, 0.15) is 43.3 Å². The van der Waals surface area contributed by atoms with Crippen LogP contribution >= 0.6 is 0 Å². The number of benzene rings is 1. The van der Waals surface area contributed by atoms with E-state index in [0.717, 1.165) is 22.6 Å². The summed E-state index contributed by atoms with van der Waals surface area (Å²) in [6, 6.07) is 9.28. The molecule has 0 unspecified atom stereocenters. The molecule has 0 radical (unpaired) electrons. The maximum atomic E-state index is 12.1. The lowest BCUT2D eigenvalue weighted by Crippen LogP contribution is -2.25. The third-order valence-electron chi connectivity index (χ3n) is 3.42. The molecule has 0 bridgehead atoms. The van der Waals surface area contributed by atoms with Gasteiger partial charge in [-0.25, -0.2) is 4.68 Å². The number of nitrogens with zero attached hydrogens (tertiary/aromatic N) is 3. The summed E-state index contributed by atoms with van der Waals surface area (Å²) < 4.78 is 7.17. The molecule has 2 rings (SSSR count). The molecule has 0 amide bonds. The molecule has 2 aromatic rings. The Morgan fingerprint density at radius 2 is 1.87 bits per heavy atom. The van der Waals surface area contributed by atoms with E-state index in [1.165, 1.54) is 0 Å². The second-order valence-electron chi connectivity index (χ2n) is 6.48. The summed E-state index contributed by atoms with van der Waals surface area (Å²) in [5.41, 5.74) is 3.55. The predicted molar refractivity (Wildman–Crippen MR) is 87.3 cm³/mol. The number of aromatic nitrogens is 2. The maximum absolute atomic E-state index is 12.1. The molecule has 0 aliphatic rings. The third-order valence-corrected chi connectivity index (χ3v) is 3.42. The summed E-state index contributed by atoms with van der Waals surface area (Å²) in [6.07, 6.45) is 0.200. The van der Waals surface area contributed by atoms with Gasteiger partial charge in [-0.2, -0.15) is 10.4 Å². The van der Waals surface area contributed by atoms with Gasteiger partial charge in [0.15, 0.2) is 0 Å². The highest BCUT2D eigenvalue weighted by atomic mass is 16.6. The van der Waals surface area contributed by atoms with Crippen LogP contribution < -0.4 is 0 Å². The number of carbonyl (C=O) groups excluding carboxylic acids is 1. The van der Waals surface area contributed by atoms with Gasteiger partial charge in [0, 0.05) is 11.3 Å². The Balaban J connectivity index is 2.29. The molecule has 5 heteroatoms. The second-order valence-corrected chi connectivity index (χ2v) is 6.48. The molecule has 0 saturated heterocycles. The number of ether oxygens (including phenoxy) is 1. The molecule has 0 atom stereocenters. The van der Waals surface area contributed by atoms with E-state index < -0.39 is 5.60 Å². The molecule has 5 nitrogen and oxygen atoms in total. The summed E-state index contributed by atoms with van der Waals surface area (Å²) in [7, 11) is 0. The molecule has 0 aliphatic heterocycles. The largest absolute Gasteiger partial charge is 0.460 e. The quantitative estimate of drug-likeness (QED) is 0.816. The molecule has 0 aliphatic carbocycles. The number of aryl methyl sites for hydroxylation is 1. The fraction of sp³-hybridized carbons (Fsp3) is 0.389. The highest BCUT2D eigenvalue weighted by Gasteiger charge is 2.20. The molecule has 0 saturated carbocycles. The molecule has 1 aromatic carbocycles. The van der Waals surface area contributed by atoms with E-state index >= 15 is 0 Å². The third kappa shape index (κ3) is 3.98. The van der Waals surface area contributed by atoms with Crippen LogP contribution in [0.2, 0.25) is 0 Å². The number of nitriles is 1. The lowest BCUT2D eigenvalue weighted by atomic mass is 10.1. The maximum Gasteiger partial charge on any atom is 0.310 e. The van der Waals surface area contributed by atoms with Gasteiger partial charge in [0.2, 0.25) is 0 Å². The van der Waals surface area contributed by atoms with Crippen LogP contribution in [0.15, 0.2) is 24.3 Å². The number of hydrogen-bond acceptors (Lipinski definition) is 4. The fourth-order valence-electron chi connectivity index (χ4n) is 2.38. The highest BCUT2D eigenvalue weighted by Crippen LogP contribution is 2.20. The van der Waals surface area contributed by atoms with Gasteiger partial charge in [0.25, 0.3) is 0 Å². The first-order valence-corrected chi connectivity index (χ1v) is 7.49. The van der Waals surface area contributed by atoms with Gasteiger partial charge in [-0.3, -0.25) is 4.79 Å². The Hall–Kier alpha value is -2.61. The minimum Gasteiger partial charge on any atom is -0.460 e. The second kappa shape index (κ2) is 6.25. The standard InChI is InChI=1S/C18H21N3O2/c1-12-16(10-17(22)23-18(3,4)5)13(2)21(20-12)15-8-6-14(11-19)7-9-15/h6-9H,10H2,1-5H3. The predicted octanol–water partition coefficient (Wildman–Crippen LogP) is 3.25. The van der Waals surface area contributed by atoms with Crippen molar-refractivity contribution in [2.75, 3.05) is 0 Å². The van der Waals surface area contributed by atoms with Gasteiger partial charge >= 0.3 is 5.97 Å². The monoisotopic (exact) mass is 311 g/mol. The van der Waals surface area contributed by atoms with Crippen molar-refractivity contribution >= 4 is 5.97 Å². The first-order chi connectivity index (χ1) is 10.7. The lowest BCUT2D eigenvalue weighted by Gasteiger charge is -2.19. The van der Waals surface area contributed by atoms with Crippen LogP contribution in [0.5, 0.6) is 0 Å². The van der Waals surface area contributed by atoms with Crippen LogP contribution in [0.4, 0.5) is 0 Å². The van der Waals surface area contributed by atoms with Gasteiger partial charge < -0.3 is 4.74 Å². The van der Waals surface area contributed by atoms with E-state index in [2.05, 4.69) is 11.2 Å². The van der Waals surface area contributed by atoms with Gasteiger partial charge in [0.05, 0.1) is 29.4 Å². The first-order valence-electron chi connectivity index (χ1n) is 7.49. The smallest absolute Gasteiger partial charge is 0.310 e. The summed E-state index contributed by atoms with van der Waals surface area (Å²) >= 11 is 0. The molecule has 0 spiro atoms. The average Bonchev–Trinajstić information content (AvgIpc) is 2.73. The van der Waals surface area contributed by atoms with E-state index in [1.807, 2.05) is 46.8 Å². The van der Waals surface area contributed by atoms with Crippen molar-refractivity contribution in [3.63, 3.8) is 0 Å². The Labute approximate surface area is 136 Å². The van der Waals surface area contributed by atoms with E-state index in [4.69, 9.17) is 10.00 Å². The van der Waals surface area contributed by atoms with Crippen molar-refractivity contribution < 1.29 is 9.53 Å². The summed E-state index contributed by atoms with van der Waals surface area (Å²) in [5, 5.41) is 13.4. The van der Waals surface area contributed by atoms with E-state index in [9.17, 15) is 4.79 Å². The average molecular weight is 311 g/mol. The molecule has 0 fully saturated rings. The summed E-state index contributed by atoms with van der Waals surface area (Å²) in [4.78, 5) is 12.1. The Morgan fingerprint density at radius 1 is 1.26 bits per heavy atom. The first kappa shape index (κ1) is 16.8. The topological polar surface area (TPSA) is 67.9 Å². The van der Waals surface area contributed by atoms with Gasteiger partial charge in [-0.05, 0) is 58.9 Å². The molecular weight excluding hydrogens is 290 g/mol. The Morgan fingerprint density at radius 3 is 2.39 bits per heavy atom. The normalized spacial score (nSPS) is 11.1. The van der Waals surface area contributed by atoms with Crippen molar-refractivity contribution in [1.29, 1.82) is 5.26 Å². The van der Waals surface area contributed by atoms with E-state index in [-0.39, 0.29) is 12.4 Å². The number of rotatable bonds is 3. The molecule has 23 heavy (non-hydrogen) atoms. The van der Waals surface area contributed by atoms with Crippen LogP contribution in [-0.4, -0.2) is 21.4 Å². The van der Waals surface area contributed by atoms with Gasteiger partial charge in [-0.1, -0.05) is 0 Å². The van der Waals surface area contributed by atoms with E-state index in [0.29, 0.717) is 5.56 Å². The fourth-order valence-corrected chi connectivity index (χ4v) is 2.38. The van der Waals surface area contributed by atoms with Crippen molar-refractivity contribution in [3.05, 3.63) is 46.8 Å². The number of esters is 1. The zero-order valence-corrected chi connectivity index (χ0v) is 14.2. The van der Waals surface area contributed by atoms with E-state index in [1.54, 1.807) is 16.8 Å². The highest BCUT2D eigenvalue weighted by molar-refractivity contribution is 5.73. The Kier molecular flexibility index (Phi) is 4.55. The van der Waals surface area contributed by atoms with Crippen LogP contribution in [0, 0.1) is 25.2 Å².